The zero-order chi connectivity index (χ0) is 19.9. The summed E-state index contributed by atoms with van der Waals surface area (Å²) in [5.41, 5.74) is 7.01. The van der Waals surface area contributed by atoms with Crippen LogP contribution in [0.2, 0.25) is 0 Å². The average Bonchev–Trinajstić information content (AvgIpc) is 2.58. The van der Waals surface area contributed by atoms with Gasteiger partial charge in [-0.15, -0.1) is 0 Å². The lowest BCUT2D eigenvalue weighted by molar-refractivity contribution is 0.504. The molecule has 148 valence electrons. The van der Waals surface area contributed by atoms with Gasteiger partial charge in [-0.3, -0.25) is 0 Å². The molecule has 26 heavy (non-hydrogen) atoms. The second-order valence-electron chi connectivity index (χ2n) is 7.38. The molecule has 1 aromatic rings. The molecule has 1 fully saturated rings. The molecule has 0 spiro atoms. The van der Waals surface area contributed by atoms with Crippen LogP contribution in [0, 0.1) is 19.8 Å². The lowest BCUT2D eigenvalue weighted by Crippen LogP contribution is -2.00. The highest BCUT2D eigenvalue weighted by Gasteiger charge is 2.11. The predicted octanol–water partition coefficient (Wildman–Crippen LogP) is 9.07. The summed E-state index contributed by atoms with van der Waals surface area (Å²) < 4.78 is 0. The van der Waals surface area contributed by atoms with Crippen LogP contribution in [0.25, 0.3) is 5.57 Å². The van der Waals surface area contributed by atoms with E-state index in [4.69, 9.17) is 0 Å². The monoisotopic (exact) mass is 356 g/mol. The molecule has 0 N–H and O–H groups in total. The highest BCUT2D eigenvalue weighted by molar-refractivity contribution is 5.72. The van der Waals surface area contributed by atoms with E-state index in [0.29, 0.717) is 5.92 Å². The molecular weight excluding hydrogens is 312 g/mol. The van der Waals surface area contributed by atoms with Crippen molar-refractivity contribution < 1.29 is 0 Å². The molecule has 0 aromatic heterocycles. The Bertz CT molecular complexity index is 537. The van der Waals surface area contributed by atoms with Gasteiger partial charge >= 0.3 is 0 Å². The van der Waals surface area contributed by atoms with Crippen molar-refractivity contribution in [3.63, 3.8) is 0 Å². The summed E-state index contributed by atoms with van der Waals surface area (Å²) in [6, 6.07) is 6.80. The van der Waals surface area contributed by atoms with Crippen molar-refractivity contribution in [3.8, 4) is 0 Å². The van der Waals surface area contributed by atoms with Gasteiger partial charge in [-0.2, -0.15) is 0 Å². The quantitative estimate of drug-likeness (QED) is 0.446. The average molecular weight is 357 g/mol. The van der Waals surface area contributed by atoms with Gasteiger partial charge in [-0.1, -0.05) is 108 Å². The first-order chi connectivity index (χ1) is 12.5. The van der Waals surface area contributed by atoms with Crippen LogP contribution in [0.4, 0.5) is 0 Å². The van der Waals surface area contributed by atoms with Crippen LogP contribution in [0.3, 0.4) is 0 Å². The fourth-order valence-electron chi connectivity index (χ4n) is 2.77. The minimum absolute atomic E-state index is 0.599. The molecular formula is C26H44. The summed E-state index contributed by atoms with van der Waals surface area (Å²) in [5.74, 6) is 0.599. The second-order valence-corrected chi connectivity index (χ2v) is 7.38. The van der Waals surface area contributed by atoms with Gasteiger partial charge in [-0.05, 0) is 56.2 Å². The number of benzene rings is 1. The van der Waals surface area contributed by atoms with Gasteiger partial charge in [0.2, 0.25) is 0 Å². The number of unbranched alkanes of at least 4 members (excludes halogenated alkanes) is 1. The minimum atomic E-state index is 0.599. The topological polar surface area (TPSA) is 0 Å². The maximum atomic E-state index is 2.39. The van der Waals surface area contributed by atoms with Crippen LogP contribution < -0.4 is 0 Å². The molecule has 1 aliphatic rings. The zero-order valence-electron chi connectivity index (χ0n) is 18.9. The van der Waals surface area contributed by atoms with Crippen LogP contribution in [0.15, 0.2) is 35.9 Å². The highest BCUT2D eigenvalue weighted by Crippen LogP contribution is 2.30. The van der Waals surface area contributed by atoms with E-state index in [1.54, 1.807) is 0 Å². The molecule has 0 heterocycles. The molecule has 0 radical (unpaired) electrons. The first-order valence-electron chi connectivity index (χ1n) is 11.0. The van der Waals surface area contributed by atoms with Gasteiger partial charge in [0, 0.05) is 0 Å². The standard InChI is InChI=1S/C20H30.C4H8.C2H6/c1-7-9-10-15(3)14-20(17(5)8-2)19-12-11-16(4)13-18(19)6;1-2-4-3-1;1-2/h10-14,17H,7-9H2,1-6H3;1-4H2;1-2H3/b15-10+,20-14-;;. The van der Waals surface area contributed by atoms with E-state index in [-0.39, 0.29) is 0 Å². The van der Waals surface area contributed by atoms with Gasteiger partial charge in [0.1, 0.15) is 0 Å². The highest BCUT2D eigenvalue weighted by atomic mass is 14.2. The predicted molar refractivity (Wildman–Crippen MR) is 122 cm³/mol. The summed E-state index contributed by atoms with van der Waals surface area (Å²) in [7, 11) is 0. The van der Waals surface area contributed by atoms with Gasteiger partial charge in [0.05, 0.1) is 0 Å². The molecule has 0 heteroatoms. The zero-order valence-corrected chi connectivity index (χ0v) is 18.9. The summed E-state index contributed by atoms with van der Waals surface area (Å²) >= 11 is 0. The molecule has 1 aliphatic carbocycles. The Labute approximate surface area is 164 Å². The van der Waals surface area contributed by atoms with Crippen molar-refractivity contribution in [2.75, 3.05) is 0 Å². The van der Waals surface area contributed by atoms with E-state index >= 15 is 0 Å². The number of aryl methyl sites for hydroxylation is 2. The van der Waals surface area contributed by atoms with Crippen LogP contribution >= 0.6 is 0 Å². The first kappa shape index (κ1) is 24.7. The fraction of sp³-hybridized carbons (Fsp3) is 0.615. The number of hydrogen-bond donors (Lipinski definition) is 0. The molecule has 0 amide bonds. The second kappa shape index (κ2) is 14.8. The van der Waals surface area contributed by atoms with Gasteiger partial charge in [-0.25, -0.2) is 0 Å². The maximum Gasteiger partial charge on any atom is -0.0187 e. The molecule has 2 rings (SSSR count). The smallest absolute Gasteiger partial charge is 0.0187 e. The number of hydrogen-bond acceptors (Lipinski definition) is 0. The molecule has 0 saturated heterocycles. The molecule has 0 aliphatic heterocycles. The van der Waals surface area contributed by atoms with Crippen LogP contribution in [-0.2, 0) is 0 Å². The van der Waals surface area contributed by atoms with Crippen molar-refractivity contribution >= 4 is 5.57 Å². The summed E-state index contributed by atoms with van der Waals surface area (Å²) in [5, 5.41) is 0. The number of allylic oxidation sites excluding steroid dienone is 4. The molecule has 1 saturated carbocycles. The van der Waals surface area contributed by atoms with Crippen molar-refractivity contribution in [1.82, 2.24) is 0 Å². The van der Waals surface area contributed by atoms with Crippen LogP contribution in [0.5, 0.6) is 0 Å². The van der Waals surface area contributed by atoms with E-state index in [0.717, 1.165) is 0 Å². The Kier molecular flexibility index (Phi) is 14.1. The Hall–Kier alpha value is -1.30. The van der Waals surface area contributed by atoms with Crippen molar-refractivity contribution in [2.45, 2.75) is 100 Å². The third-order valence-electron chi connectivity index (χ3n) is 4.97. The Morgan fingerprint density at radius 1 is 1.04 bits per heavy atom. The van der Waals surface area contributed by atoms with Crippen molar-refractivity contribution in [1.29, 1.82) is 0 Å². The van der Waals surface area contributed by atoms with E-state index in [1.165, 1.54) is 72.8 Å². The molecule has 1 atom stereocenters. The number of rotatable bonds is 6. The van der Waals surface area contributed by atoms with Crippen LogP contribution in [-0.4, -0.2) is 0 Å². The third-order valence-corrected chi connectivity index (χ3v) is 4.97. The molecule has 0 bridgehead atoms. The Morgan fingerprint density at radius 3 is 2.04 bits per heavy atom. The molecule has 1 aromatic carbocycles. The third kappa shape index (κ3) is 9.41. The van der Waals surface area contributed by atoms with E-state index in [2.05, 4.69) is 71.9 Å². The van der Waals surface area contributed by atoms with Crippen LogP contribution in [0.1, 0.15) is 103 Å². The van der Waals surface area contributed by atoms with E-state index < -0.39 is 0 Å². The maximum absolute atomic E-state index is 2.39. The van der Waals surface area contributed by atoms with Crippen molar-refractivity contribution in [2.24, 2.45) is 5.92 Å². The summed E-state index contributed by atoms with van der Waals surface area (Å²) in [6.07, 6.45) is 14.3. The normalized spacial score (nSPS) is 15.1. The summed E-state index contributed by atoms with van der Waals surface area (Å²) in [6.45, 7) is 17.4. The van der Waals surface area contributed by atoms with Gasteiger partial charge in [0.15, 0.2) is 0 Å². The molecule has 1 unspecified atom stereocenters. The Morgan fingerprint density at radius 2 is 1.62 bits per heavy atom. The SMILES string of the molecule is C1CCC1.CC.CCC/C=C(C)/C=C(\c1ccc(C)cc1C)C(C)CC. The first-order valence-corrected chi connectivity index (χ1v) is 11.0. The summed E-state index contributed by atoms with van der Waals surface area (Å²) in [4.78, 5) is 0. The largest absolute Gasteiger partial charge is 0.0816 e. The van der Waals surface area contributed by atoms with E-state index in [1.807, 2.05) is 13.8 Å². The lowest BCUT2D eigenvalue weighted by atomic mass is 9.87. The lowest BCUT2D eigenvalue weighted by Gasteiger charge is -2.18. The van der Waals surface area contributed by atoms with Gasteiger partial charge in [0.25, 0.3) is 0 Å². The van der Waals surface area contributed by atoms with Crippen molar-refractivity contribution in [3.05, 3.63) is 52.6 Å². The Balaban J connectivity index is 0.000000889. The molecule has 0 nitrogen and oxygen atoms in total. The van der Waals surface area contributed by atoms with E-state index in [9.17, 15) is 0 Å². The van der Waals surface area contributed by atoms with Gasteiger partial charge < -0.3 is 0 Å². The fourth-order valence-corrected chi connectivity index (χ4v) is 2.77. The minimum Gasteiger partial charge on any atom is -0.0816 e.